The van der Waals surface area contributed by atoms with Crippen molar-refractivity contribution in [3.05, 3.63) is 53.9 Å². The maximum atomic E-state index is 12.3. The van der Waals surface area contributed by atoms with Crippen LogP contribution in [0.5, 0.6) is 11.5 Å². The van der Waals surface area contributed by atoms with Gasteiger partial charge in [0.15, 0.2) is 5.13 Å². The molecule has 1 amide bonds. The predicted octanol–water partition coefficient (Wildman–Crippen LogP) is 5.00. The van der Waals surface area contributed by atoms with Gasteiger partial charge in [-0.15, -0.1) is 21.5 Å². The first kappa shape index (κ1) is 21.8. The summed E-state index contributed by atoms with van der Waals surface area (Å²) in [5.41, 5.74) is 2.52. The Morgan fingerprint density at radius 2 is 1.78 bits per heavy atom. The van der Waals surface area contributed by atoms with E-state index in [1.54, 1.807) is 7.11 Å². The average molecular weight is 469 g/mol. The van der Waals surface area contributed by atoms with Gasteiger partial charge in [0.25, 0.3) is 5.22 Å². The number of aromatic nitrogens is 3. The van der Waals surface area contributed by atoms with Crippen molar-refractivity contribution in [2.24, 2.45) is 0 Å². The van der Waals surface area contributed by atoms with E-state index in [9.17, 15) is 4.79 Å². The van der Waals surface area contributed by atoms with Crippen molar-refractivity contribution in [2.75, 3.05) is 24.8 Å². The number of carbonyl (C=O) groups excluding carboxylic acids is 1. The van der Waals surface area contributed by atoms with Gasteiger partial charge in [-0.25, -0.2) is 4.98 Å². The van der Waals surface area contributed by atoms with Gasteiger partial charge in [-0.1, -0.05) is 11.8 Å². The monoisotopic (exact) mass is 468 g/mol. The number of thioether (sulfide) groups is 1. The number of benzene rings is 2. The summed E-state index contributed by atoms with van der Waals surface area (Å²) in [5, 5.41) is 13.6. The largest absolute Gasteiger partial charge is 0.497 e. The summed E-state index contributed by atoms with van der Waals surface area (Å²) < 4.78 is 16.2. The lowest BCUT2D eigenvalue weighted by atomic mass is 10.2. The molecule has 0 spiro atoms. The Balaban J connectivity index is 1.30. The van der Waals surface area contributed by atoms with Gasteiger partial charge in [0, 0.05) is 16.5 Å². The molecule has 0 saturated carbocycles. The van der Waals surface area contributed by atoms with Gasteiger partial charge in [-0.2, -0.15) is 0 Å². The molecule has 1 N–H and O–H groups in total. The summed E-state index contributed by atoms with van der Waals surface area (Å²) in [6.45, 7) is 2.53. The third-order valence-electron chi connectivity index (χ3n) is 4.28. The molecular formula is C22H20N4O4S2. The summed E-state index contributed by atoms with van der Waals surface area (Å²) in [5.74, 6) is 1.87. The molecule has 0 atom stereocenters. The fourth-order valence-corrected chi connectivity index (χ4v) is 4.05. The standard InChI is InChI=1S/C22H20N4O4S2/c1-3-29-17-10-6-15(7-11-17)20-25-26-22(30-20)32-13-19(27)24-21-23-18(12-31-21)14-4-8-16(28-2)9-5-14/h4-12H,3,13H2,1-2H3,(H,23,24,27). The van der Waals surface area contributed by atoms with Crippen LogP contribution in [0.4, 0.5) is 5.13 Å². The van der Waals surface area contributed by atoms with Crippen molar-refractivity contribution in [1.29, 1.82) is 0 Å². The zero-order valence-electron chi connectivity index (χ0n) is 17.4. The lowest BCUT2D eigenvalue weighted by Crippen LogP contribution is -2.13. The van der Waals surface area contributed by atoms with Gasteiger partial charge < -0.3 is 19.2 Å². The number of nitrogens with one attached hydrogen (secondary N) is 1. The molecule has 0 saturated heterocycles. The van der Waals surface area contributed by atoms with Crippen LogP contribution in [0.15, 0.2) is 63.6 Å². The summed E-state index contributed by atoms with van der Waals surface area (Å²) in [6, 6.07) is 15.0. The third-order valence-corrected chi connectivity index (χ3v) is 5.86. The quantitative estimate of drug-likeness (QED) is 0.343. The highest BCUT2D eigenvalue weighted by Crippen LogP contribution is 2.28. The molecule has 0 aliphatic rings. The van der Waals surface area contributed by atoms with Crippen LogP contribution in [0, 0.1) is 0 Å². The van der Waals surface area contributed by atoms with Crippen molar-refractivity contribution >= 4 is 34.1 Å². The molecule has 2 aromatic heterocycles. The summed E-state index contributed by atoms with van der Waals surface area (Å²) >= 11 is 2.53. The molecule has 32 heavy (non-hydrogen) atoms. The molecule has 0 bridgehead atoms. The Labute approximate surface area is 193 Å². The van der Waals surface area contributed by atoms with Crippen LogP contribution in [0.25, 0.3) is 22.7 Å². The maximum Gasteiger partial charge on any atom is 0.277 e. The molecule has 2 aromatic carbocycles. The number of nitrogens with zero attached hydrogens (tertiary/aromatic N) is 3. The van der Waals surface area contributed by atoms with E-state index in [1.165, 1.54) is 23.1 Å². The Morgan fingerprint density at radius 3 is 2.50 bits per heavy atom. The molecule has 4 rings (SSSR count). The molecular weight excluding hydrogens is 448 g/mol. The highest BCUT2D eigenvalue weighted by Gasteiger charge is 2.13. The summed E-state index contributed by atoms with van der Waals surface area (Å²) in [7, 11) is 1.62. The zero-order valence-corrected chi connectivity index (χ0v) is 19.0. The molecule has 4 aromatic rings. The Hall–Kier alpha value is -3.37. The van der Waals surface area contributed by atoms with E-state index >= 15 is 0 Å². The summed E-state index contributed by atoms with van der Waals surface area (Å²) in [6.07, 6.45) is 0. The number of hydrogen-bond acceptors (Lipinski definition) is 9. The second-order valence-electron chi connectivity index (χ2n) is 6.43. The van der Waals surface area contributed by atoms with Crippen LogP contribution in [-0.2, 0) is 4.79 Å². The van der Waals surface area contributed by atoms with Crippen molar-refractivity contribution < 1.29 is 18.7 Å². The van der Waals surface area contributed by atoms with E-state index in [0.717, 1.165) is 28.3 Å². The van der Waals surface area contributed by atoms with Crippen LogP contribution in [-0.4, -0.2) is 40.6 Å². The second-order valence-corrected chi connectivity index (χ2v) is 8.22. The Bertz CT molecular complexity index is 1170. The Kier molecular flexibility index (Phi) is 7.03. The molecule has 0 aliphatic carbocycles. The third kappa shape index (κ3) is 5.45. The van der Waals surface area contributed by atoms with Crippen molar-refractivity contribution in [2.45, 2.75) is 12.1 Å². The molecule has 0 aliphatic heterocycles. The van der Waals surface area contributed by atoms with Gasteiger partial charge >= 0.3 is 0 Å². The van der Waals surface area contributed by atoms with E-state index in [2.05, 4.69) is 20.5 Å². The topological polar surface area (TPSA) is 99.4 Å². The van der Waals surface area contributed by atoms with Gasteiger partial charge in [-0.3, -0.25) is 4.79 Å². The van der Waals surface area contributed by atoms with Crippen molar-refractivity contribution in [1.82, 2.24) is 15.2 Å². The number of anilines is 1. The normalized spacial score (nSPS) is 10.7. The fraction of sp³-hybridized carbons (Fsp3) is 0.182. The van der Waals surface area contributed by atoms with Gasteiger partial charge in [0.05, 0.1) is 25.2 Å². The second kappa shape index (κ2) is 10.3. The first-order valence-corrected chi connectivity index (χ1v) is 11.6. The average Bonchev–Trinajstić information content (AvgIpc) is 3.48. The number of ether oxygens (including phenoxy) is 2. The number of amides is 1. The van der Waals surface area contributed by atoms with Crippen LogP contribution in [0.1, 0.15) is 6.92 Å². The molecule has 2 heterocycles. The molecule has 0 radical (unpaired) electrons. The van der Waals surface area contributed by atoms with E-state index in [4.69, 9.17) is 13.9 Å². The van der Waals surface area contributed by atoms with Crippen molar-refractivity contribution in [3.63, 3.8) is 0 Å². The minimum atomic E-state index is -0.202. The maximum absolute atomic E-state index is 12.3. The highest BCUT2D eigenvalue weighted by atomic mass is 32.2. The first-order valence-electron chi connectivity index (χ1n) is 9.74. The van der Waals surface area contributed by atoms with Crippen LogP contribution < -0.4 is 14.8 Å². The fourth-order valence-electron chi connectivity index (χ4n) is 2.75. The predicted molar refractivity (Wildman–Crippen MR) is 124 cm³/mol. The zero-order chi connectivity index (χ0) is 22.3. The number of hydrogen-bond donors (Lipinski definition) is 1. The molecule has 10 heteroatoms. The lowest BCUT2D eigenvalue weighted by molar-refractivity contribution is -0.113. The smallest absolute Gasteiger partial charge is 0.277 e. The Morgan fingerprint density at radius 1 is 1.06 bits per heavy atom. The lowest BCUT2D eigenvalue weighted by Gasteiger charge is -2.02. The molecule has 164 valence electrons. The number of rotatable bonds is 9. The van der Waals surface area contributed by atoms with Gasteiger partial charge in [-0.05, 0) is 55.5 Å². The molecule has 0 unspecified atom stereocenters. The van der Waals surface area contributed by atoms with Crippen LogP contribution in [0.2, 0.25) is 0 Å². The molecule has 8 nitrogen and oxygen atoms in total. The van der Waals surface area contributed by atoms with E-state index in [0.29, 0.717) is 22.9 Å². The van der Waals surface area contributed by atoms with E-state index in [-0.39, 0.29) is 11.7 Å². The number of carbonyl (C=O) groups is 1. The summed E-state index contributed by atoms with van der Waals surface area (Å²) in [4.78, 5) is 16.8. The van der Waals surface area contributed by atoms with Gasteiger partial charge in [0.2, 0.25) is 11.8 Å². The number of thiazole rings is 1. The SMILES string of the molecule is CCOc1ccc(-c2nnc(SCC(=O)Nc3nc(-c4ccc(OC)cc4)cs3)o2)cc1. The number of methoxy groups -OCH3 is 1. The van der Waals surface area contributed by atoms with Gasteiger partial charge in [0.1, 0.15) is 11.5 Å². The van der Waals surface area contributed by atoms with E-state index < -0.39 is 0 Å². The first-order chi connectivity index (χ1) is 15.6. The minimum absolute atomic E-state index is 0.127. The van der Waals surface area contributed by atoms with Crippen LogP contribution >= 0.6 is 23.1 Å². The van der Waals surface area contributed by atoms with Crippen LogP contribution in [0.3, 0.4) is 0 Å². The highest BCUT2D eigenvalue weighted by molar-refractivity contribution is 7.99. The van der Waals surface area contributed by atoms with Crippen molar-refractivity contribution in [3.8, 4) is 34.2 Å². The molecule has 0 fully saturated rings. The minimum Gasteiger partial charge on any atom is -0.497 e. The van der Waals surface area contributed by atoms with E-state index in [1.807, 2.05) is 60.8 Å².